The highest BCUT2D eigenvalue weighted by Crippen LogP contribution is 2.29. The number of nitrogens with zero attached hydrogens (tertiary/aromatic N) is 1. The Kier molecular flexibility index (Phi) is 4.83. The molecule has 5 heteroatoms. The highest BCUT2D eigenvalue weighted by Gasteiger charge is 2.27. The first-order valence-electron chi connectivity index (χ1n) is 7.70. The maximum Gasteiger partial charge on any atom is 0.166 e. The highest BCUT2D eigenvalue weighted by molar-refractivity contribution is 7.99. The van der Waals surface area contributed by atoms with Gasteiger partial charge in [0.05, 0.1) is 22.9 Å². The summed E-state index contributed by atoms with van der Waals surface area (Å²) in [5.41, 5.74) is 3.41. The van der Waals surface area contributed by atoms with Crippen molar-refractivity contribution in [3.63, 3.8) is 0 Å². The number of H-pyrrole nitrogens is 1. The molecule has 1 fully saturated rings. The summed E-state index contributed by atoms with van der Waals surface area (Å²) in [4.78, 5) is 8.12. The van der Waals surface area contributed by atoms with Crippen molar-refractivity contribution >= 4 is 22.8 Å². The smallest absolute Gasteiger partial charge is 0.166 e. The molecule has 2 heterocycles. The van der Waals surface area contributed by atoms with Gasteiger partial charge in [-0.15, -0.1) is 0 Å². The third-order valence-corrected chi connectivity index (χ3v) is 5.02. The summed E-state index contributed by atoms with van der Waals surface area (Å²) in [6, 6.07) is 6.84. The van der Waals surface area contributed by atoms with Crippen LogP contribution in [0.1, 0.15) is 25.3 Å². The van der Waals surface area contributed by atoms with Gasteiger partial charge in [0, 0.05) is 12.6 Å². The van der Waals surface area contributed by atoms with Crippen LogP contribution in [0.3, 0.4) is 0 Å². The standard InChI is InChI=1S/C16H23N3OS/c1-3-7-17-13-6-8-20-10-15(13)21-16-18-12-5-4-11(2)9-14(12)19-16/h4-5,9,13,15,17H,3,6-8,10H2,1-2H3,(H,18,19). The molecule has 2 N–H and O–H groups in total. The fraction of sp³-hybridized carbons (Fsp3) is 0.562. The van der Waals surface area contributed by atoms with E-state index >= 15 is 0 Å². The van der Waals surface area contributed by atoms with Gasteiger partial charge in [-0.1, -0.05) is 24.8 Å². The van der Waals surface area contributed by atoms with Gasteiger partial charge in [0.25, 0.3) is 0 Å². The van der Waals surface area contributed by atoms with Gasteiger partial charge in [-0.05, 0) is 44.0 Å². The molecule has 21 heavy (non-hydrogen) atoms. The molecule has 2 aromatic rings. The normalized spacial score (nSPS) is 22.8. The van der Waals surface area contributed by atoms with Crippen molar-refractivity contribution in [3.05, 3.63) is 23.8 Å². The predicted molar refractivity (Wildman–Crippen MR) is 88.0 cm³/mol. The minimum Gasteiger partial charge on any atom is -0.380 e. The van der Waals surface area contributed by atoms with Crippen LogP contribution in [0.5, 0.6) is 0 Å². The summed E-state index contributed by atoms with van der Waals surface area (Å²) in [5, 5.41) is 5.06. The van der Waals surface area contributed by atoms with Crippen LogP contribution in [0, 0.1) is 6.92 Å². The van der Waals surface area contributed by atoms with Crippen molar-refractivity contribution in [1.82, 2.24) is 15.3 Å². The first-order valence-corrected chi connectivity index (χ1v) is 8.58. The molecule has 2 unspecified atom stereocenters. The Morgan fingerprint density at radius 2 is 2.38 bits per heavy atom. The van der Waals surface area contributed by atoms with Crippen LogP contribution in [0.25, 0.3) is 11.0 Å². The van der Waals surface area contributed by atoms with Crippen LogP contribution in [0.15, 0.2) is 23.4 Å². The number of hydrogen-bond donors (Lipinski definition) is 2. The summed E-state index contributed by atoms with van der Waals surface area (Å²) in [6.07, 6.45) is 2.25. The number of fused-ring (bicyclic) bond motifs is 1. The van der Waals surface area contributed by atoms with E-state index in [9.17, 15) is 0 Å². The van der Waals surface area contributed by atoms with Crippen molar-refractivity contribution in [2.24, 2.45) is 0 Å². The average Bonchev–Trinajstić information content (AvgIpc) is 2.87. The van der Waals surface area contributed by atoms with Crippen LogP contribution in [-0.4, -0.2) is 41.0 Å². The Hall–Kier alpha value is -1.04. The topological polar surface area (TPSA) is 49.9 Å². The molecule has 1 aliphatic heterocycles. The summed E-state index contributed by atoms with van der Waals surface area (Å²) >= 11 is 1.80. The zero-order valence-corrected chi connectivity index (χ0v) is 13.5. The lowest BCUT2D eigenvalue weighted by molar-refractivity contribution is 0.0832. The number of imidazole rings is 1. The molecule has 1 aliphatic rings. The zero-order chi connectivity index (χ0) is 14.7. The number of nitrogens with one attached hydrogen (secondary N) is 2. The number of aromatic amines is 1. The molecule has 3 rings (SSSR count). The molecule has 0 spiro atoms. The zero-order valence-electron chi connectivity index (χ0n) is 12.7. The number of thioether (sulfide) groups is 1. The van der Waals surface area contributed by atoms with Crippen molar-refractivity contribution in [1.29, 1.82) is 0 Å². The van der Waals surface area contributed by atoms with Gasteiger partial charge in [0.15, 0.2) is 5.16 Å². The minimum atomic E-state index is 0.423. The molecule has 0 radical (unpaired) electrons. The van der Waals surface area contributed by atoms with Gasteiger partial charge in [-0.25, -0.2) is 4.98 Å². The fourth-order valence-electron chi connectivity index (χ4n) is 2.69. The molecule has 0 amide bonds. The molecule has 1 saturated heterocycles. The Morgan fingerprint density at radius 1 is 1.48 bits per heavy atom. The van der Waals surface area contributed by atoms with Gasteiger partial charge in [-0.3, -0.25) is 0 Å². The second-order valence-corrected chi connectivity index (χ2v) is 6.87. The predicted octanol–water partition coefficient (Wildman–Crippen LogP) is 3.12. The van der Waals surface area contributed by atoms with Gasteiger partial charge >= 0.3 is 0 Å². The first-order chi connectivity index (χ1) is 10.3. The highest BCUT2D eigenvalue weighted by atomic mass is 32.2. The van der Waals surface area contributed by atoms with Crippen molar-refractivity contribution in [2.75, 3.05) is 19.8 Å². The first kappa shape index (κ1) is 14.9. The number of aromatic nitrogens is 2. The van der Waals surface area contributed by atoms with E-state index in [2.05, 4.69) is 47.3 Å². The third kappa shape index (κ3) is 3.59. The Balaban J connectivity index is 1.72. The quantitative estimate of drug-likeness (QED) is 0.891. The number of benzene rings is 1. The molecule has 0 bridgehead atoms. The Bertz CT molecular complexity index is 598. The van der Waals surface area contributed by atoms with E-state index in [1.54, 1.807) is 11.8 Å². The van der Waals surface area contributed by atoms with Crippen LogP contribution < -0.4 is 5.32 Å². The summed E-state index contributed by atoms with van der Waals surface area (Å²) in [5.74, 6) is 0. The molecule has 114 valence electrons. The lowest BCUT2D eigenvalue weighted by atomic mass is 10.1. The Morgan fingerprint density at radius 3 is 3.24 bits per heavy atom. The number of rotatable bonds is 5. The average molecular weight is 305 g/mol. The largest absolute Gasteiger partial charge is 0.380 e. The van der Waals surface area contributed by atoms with Gasteiger partial charge < -0.3 is 15.0 Å². The molecule has 2 atom stereocenters. The Labute approximate surface area is 130 Å². The molecule has 0 aliphatic carbocycles. The third-order valence-electron chi connectivity index (χ3n) is 3.84. The molecule has 1 aromatic heterocycles. The maximum absolute atomic E-state index is 5.66. The van der Waals surface area contributed by atoms with E-state index in [0.717, 1.165) is 42.4 Å². The van der Waals surface area contributed by atoms with Gasteiger partial charge in [0.1, 0.15) is 0 Å². The van der Waals surface area contributed by atoms with Crippen LogP contribution >= 0.6 is 11.8 Å². The second kappa shape index (κ2) is 6.81. The minimum absolute atomic E-state index is 0.423. The van der Waals surface area contributed by atoms with Crippen molar-refractivity contribution in [2.45, 2.75) is 43.1 Å². The molecular formula is C16H23N3OS. The van der Waals surface area contributed by atoms with Crippen molar-refractivity contribution in [3.8, 4) is 0 Å². The van der Waals surface area contributed by atoms with E-state index < -0.39 is 0 Å². The SMILES string of the molecule is CCCNC1CCOCC1Sc1nc2ccc(C)cc2[nH]1. The number of hydrogen-bond acceptors (Lipinski definition) is 4. The van der Waals surface area contributed by atoms with Crippen molar-refractivity contribution < 1.29 is 4.74 Å². The maximum atomic E-state index is 5.66. The molecule has 1 aromatic carbocycles. The fourth-order valence-corrected chi connectivity index (χ4v) is 3.86. The van der Waals surface area contributed by atoms with Crippen LogP contribution in [-0.2, 0) is 4.74 Å². The molecule has 0 saturated carbocycles. The van der Waals surface area contributed by atoms with E-state index in [0.29, 0.717) is 11.3 Å². The van der Waals surface area contributed by atoms with E-state index in [1.165, 1.54) is 12.0 Å². The molecule has 4 nitrogen and oxygen atoms in total. The van der Waals surface area contributed by atoms with E-state index in [4.69, 9.17) is 4.74 Å². The lowest BCUT2D eigenvalue weighted by Gasteiger charge is -2.31. The summed E-state index contributed by atoms with van der Waals surface area (Å²) in [7, 11) is 0. The van der Waals surface area contributed by atoms with Gasteiger partial charge in [-0.2, -0.15) is 0 Å². The number of ether oxygens (including phenoxy) is 1. The second-order valence-electron chi connectivity index (χ2n) is 5.64. The monoisotopic (exact) mass is 305 g/mol. The van der Waals surface area contributed by atoms with Crippen LogP contribution in [0.2, 0.25) is 0 Å². The van der Waals surface area contributed by atoms with E-state index in [1.807, 2.05) is 0 Å². The summed E-state index contributed by atoms with van der Waals surface area (Å²) in [6.45, 7) is 7.03. The van der Waals surface area contributed by atoms with E-state index in [-0.39, 0.29) is 0 Å². The van der Waals surface area contributed by atoms with Gasteiger partial charge in [0.2, 0.25) is 0 Å². The lowest BCUT2D eigenvalue weighted by Crippen LogP contribution is -2.45. The number of aryl methyl sites for hydroxylation is 1. The summed E-state index contributed by atoms with van der Waals surface area (Å²) < 4.78 is 5.66. The van der Waals surface area contributed by atoms with Crippen LogP contribution in [0.4, 0.5) is 0 Å². The molecular weight excluding hydrogens is 282 g/mol.